The quantitative estimate of drug-likeness (QED) is 0.352. The Morgan fingerprint density at radius 1 is 1.09 bits per heavy atom. The summed E-state index contributed by atoms with van der Waals surface area (Å²) < 4.78 is 53.9. The van der Waals surface area contributed by atoms with E-state index in [4.69, 9.17) is 9.47 Å². The highest BCUT2D eigenvalue weighted by atomic mass is 32.2. The van der Waals surface area contributed by atoms with Crippen LogP contribution < -0.4 is 25.7 Å². The molecule has 0 radical (unpaired) electrons. The summed E-state index contributed by atoms with van der Waals surface area (Å²) in [6.45, 7) is 4.89. The van der Waals surface area contributed by atoms with E-state index in [1.165, 1.54) is 36.4 Å². The number of amides is 4. The molecule has 2 unspecified atom stereocenters. The number of benzene rings is 1. The zero-order valence-electron chi connectivity index (χ0n) is 30.8. The van der Waals surface area contributed by atoms with Crippen LogP contribution in [0.1, 0.15) is 84.6 Å². The van der Waals surface area contributed by atoms with Gasteiger partial charge in [-0.25, -0.2) is 22.3 Å². The Balaban J connectivity index is 1.36. The first-order chi connectivity index (χ1) is 25.5. The van der Waals surface area contributed by atoms with Crippen LogP contribution in [0.5, 0.6) is 5.75 Å². The van der Waals surface area contributed by atoms with Gasteiger partial charge in [-0.1, -0.05) is 37.1 Å². The van der Waals surface area contributed by atoms with Crippen molar-refractivity contribution in [1.82, 2.24) is 30.0 Å². The lowest BCUT2D eigenvalue weighted by molar-refractivity contribution is -0.141. The molecule has 54 heavy (non-hydrogen) atoms. The summed E-state index contributed by atoms with van der Waals surface area (Å²) in [6.07, 6.45) is 8.04. The number of halogens is 1. The van der Waals surface area contributed by atoms with Crippen LogP contribution in [0.25, 0.3) is 11.1 Å². The molecule has 17 heteroatoms. The molecule has 3 N–H and O–H groups in total. The molecule has 1 aromatic heterocycles. The monoisotopic (exact) mass is 770 g/mol. The van der Waals surface area contributed by atoms with Gasteiger partial charge >= 0.3 is 11.7 Å². The van der Waals surface area contributed by atoms with Gasteiger partial charge in [0, 0.05) is 24.4 Å². The fourth-order valence-corrected chi connectivity index (χ4v) is 8.54. The van der Waals surface area contributed by atoms with Crippen molar-refractivity contribution in [2.75, 3.05) is 13.7 Å². The average molecular weight is 771 g/mol. The van der Waals surface area contributed by atoms with E-state index in [1.54, 1.807) is 26.8 Å². The van der Waals surface area contributed by atoms with Crippen LogP contribution >= 0.6 is 0 Å². The molecule has 3 heterocycles. The molecule has 3 fully saturated rings. The molecule has 292 valence electrons. The third kappa shape index (κ3) is 8.45. The highest BCUT2D eigenvalue weighted by molar-refractivity contribution is 7.91. The molecular formula is C37H47FN6O9S. The van der Waals surface area contributed by atoms with Gasteiger partial charge in [-0.05, 0) is 77.0 Å². The lowest BCUT2D eigenvalue weighted by Crippen LogP contribution is -2.58. The zero-order valence-corrected chi connectivity index (χ0v) is 31.6. The topological polar surface area (TPSA) is 195 Å². The summed E-state index contributed by atoms with van der Waals surface area (Å²) >= 11 is 0. The summed E-state index contributed by atoms with van der Waals surface area (Å²) in [4.78, 5) is 70.7. The molecule has 2 aromatic rings. The van der Waals surface area contributed by atoms with Crippen molar-refractivity contribution in [2.45, 2.75) is 113 Å². The maximum Gasteiger partial charge on any atom is 0.408 e. The van der Waals surface area contributed by atoms with E-state index in [0.717, 1.165) is 11.1 Å². The smallest absolute Gasteiger partial charge is 0.408 e. The van der Waals surface area contributed by atoms with Gasteiger partial charge in [0.05, 0.1) is 24.6 Å². The van der Waals surface area contributed by atoms with E-state index in [9.17, 15) is 36.8 Å². The van der Waals surface area contributed by atoms with Crippen molar-refractivity contribution in [3.63, 3.8) is 0 Å². The molecule has 5 atom stereocenters. The number of hydrogen-bond acceptors (Lipinski definition) is 10. The maximum atomic E-state index is 14.5. The molecule has 1 aromatic carbocycles. The van der Waals surface area contributed by atoms with Crippen LogP contribution in [-0.2, 0) is 29.1 Å². The molecule has 0 spiro atoms. The number of hydrogen-bond donors (Lipinski definition) is 3. The summed E-state index contributed by atoms with van der Waals surface area (Å²) in [5, 5.41) is 9.18. The van der Waals surface area contributed by atoms with Gasteiger partial charge in [-0.2, -0.15) is 5.10 Å². The van der Waals surface area contributed by atoms with E-state index >= 15 is 0 Å². The normalized spacial score (nSPS) is 26.9. The van der Waals surface area contributed by atoms with Crippen molar-refractivity contribution in [2.24, 2.45) is 5.92 Å². The number of carbonyl (C=O) groups excluding carboxylic acids is 4. The van der Waals surface area contributed by atoms with Gasteiger partial charge in [0.2, 0.25) is 21.8 Å². The lowest BCUT2D eigenvalue weighted by Gasteiger charge is -2.30. The predicted molar refractivity (Wildman–Crippen MR) is 194 cm³/mol. The van der Waals surface area contributed by atoms with Crippen molar-refractivity contribution < 1.29 is 41.5 Å². The number of ether oxygens (including phenoxy) is 2. The summed E-state index contributed by atoms with van der Waals surface area (Å²) in [7, 11) is -2.65. The van der Waals surface area contributed by atoms with Gasteiger partial charge in [0.1, 0.15) is 29.0 Å². The second kappa shape index (κ2) is 15.1. The van der Waals surface area contributed by atoms with Crippen LogP contribution in [0.15, 0.2) is 47.4 Å². The van der Waals surface area contributed by atoms with Crippen molar-refractivity contribution >= 4 is 33.8 Å². The van der Waals surface area contributed by atoms with Crippen molar-refractivity contribution in [3.8, 4) is 16.9 Å². The highest BCUT2D eigenvalue weighted by Crippen LogP contribution is 2.46. The fourth-order valence-electron chi connectivity index (χ4n) is 7.17. The number of nitrogens with one attached hydrogen (secondary N) is 3. The first-order valence-corrected chi connectivity index (χ1v) is 19.8. The standard InChI is InChI=1S/C37H47FN6O9S/c1-36(2,3)53-35(49)40-28-14-9-7-5-6-8-12-23-19-37(23,34(48)42-54(50,51)26-15-16-26)41-31(45)29-18-25(21-43(29)32(28)46)44-33(47)30(52-4)27(20-39-44)22-11-10-13-24(38)17-22/h8,10-13,17,20,23,25-26,28-29H,5-7,9,14-16,18-19,21H2,1-4H3,(H,40,49)(H,41,45)(H,42,48)/b12-8-/t23-,25?,28+,29+,37?/m1/s1. The molecule has 2 aliphatic carbocycles. The van der Waals surface area contributed by atoms with Crippen molar-refractivity contribution in [3.05, 3.63) is 58.8 Å². The minimum Gasteiger partial charge on any atom is -0.491 e. The zero-order chi connectivity index (χ0) is 39.0. The average Bonchev–Trinajstić information content (AvgIpc) is 4.02. The Bertz CT molecular complexity index is 2010. The number of sulfonamides is 1. The largest absolute Gasteiger partial charge is 0.491 e. The first-order valence-electron chi connectivity index (χ1n) is 18.3. The van der Waals surface area contributed by atoms with Crippen LogP contribution in [0, 0.1) is 11.7 Å². The summed E-state index contributed by atoms with van der Waals surface area (Å²) in [5.74, 6) is -3.33. The van der Waals surface area contributed by atoms with Gasteiger partial charge in [0.15, 0.2) is 5.75 Å². The molecule has 1 saturated heterocycles. The molecule has 2 aliphatic heterocycles. The van der Waals surface area contributed by atoms with Crippen molar-refractivity contribution in [1.29, 1.82) is 0 Å². The number of carbonyl (C=O) groups is 4. The number of rotatable bonds is 7. The molecule has 4 amide bonds. The maximum absolute atomic E-state index is 14.5. The van der Waals surface area contributed by atoms with Crippen LogP contribution in [0.3, 0.4) is 0 Å². The Hall–Kier alpha value is -4.80. The molecule has 15 nitrogen and oxygen atoms in total. The third-order valence-corrected chi connectivity index (χ3v) is 12.0. The highest BCUT2D eigenvalue weighted by Gasteiger charge is 2.62. The molecular weight excluding hydrogens is 724 g/mol. The minimum absolute atomic E-state index is 0.120. The van der Waals surface area contributed by atoms with E-state index in [0.29, 0.717) is 37.7 Å². The number of allylic oxidation sites excluding steroid dienone is 1. The van der Waals surface area contributed by atoms with E-state index in [1.807, 2.05) is 12.2 Å². The molecule has 6 rings (SSSR count). The fraction of sp³-hybridized carbons (Fsp3) is 0.568. The van der Waals surface area contributed by atoms with Crippen LogP contribution in [0.2, 0.25) is 0 Å². The minimum atomic E-state index is -3.94. The first kappa shape index (κ1) is 38.9. The van der Waals surface area contributed by atoms with Gasteiger partial charge in [-0.15, -0.1) is 0 Å². The molecule has 4 aliphatic rings. The third-order valence-electron chi connectivity index (χ3n) is 10.2. The van der Waals surface area contributed by atoms with E-state index in [-0.39, 0.29) is 37.1 Å². The van der Waals surface area contributed by atoms with Gasteiger partial charge in [0.25, 0.3) is 5.91 Å². The number of fused-ring (bicyclic) bond motifs is 2. The SMILES string of the molecule is COc1c(-c2cccc(F)c2)cnn(C2C[C@H]3C(=O)NC4(C(=O)NS(=O)(=O)C5CC5)C[C@H]4/C=C\CCCCC[C@H](NC(=O)OC(C)(C)C)C(=O)N3C2)c1=O. The summed E-state index contributed by atoms with van der Waals surface area (Å²) in [5.41, 5.74) is -2.53. The predicted octanol–water partition coefficient (Wildman–Crippen LogP) is 3.10. The Kier molecular flexibility index (Phi) is 10.9. The lowest BCUT2D eigenvalue weighted by atomic mass is 10.0. The number of aromatic nitrogens is 2. The van der Waals surface area contributed by atoms with E-state index in [2.05, 4.69) is 20.5 Å². The number of alkyl carbamates (subject to hydrolysis) is 1. The van der Waals surface area contributed by atoms with Crippen LogP contribution in [0.4, 0.5) is 9.18 Å². The summed E-state index contributed by atoms with van der Waals surface area (Å²) in [6, 6.07) is 2.35. The van der Waals surface area contributed by atoms with Gasteiger partial charge < -0.3 is 25.0 Å². The second-order valence-corrected chi connectivity index (χ2v) is 17.4. The van der Waals surface area contributed by atoms with Crippen LogP contribution in [-0.4, -0.2) is 89.0 Å². The molecule has 2 saturated carbocycles. The second-order valence-electron chi connectivity index (χ2n) is 15.5. The number of nitrogens with zero attached hydrogens (tertiary/aromatic N) is 3. The Morgan fingerprint density at radius 3 is 2.54 bits per heavy atom. The Morgan fingerprint density at radius 2 is 1.85 bits per heavy atom. The Labute approximate surface area is 313 Å². The number of methoxy groups -OCH3 is 1. The molecule has 0 bridgehead atoms. The van der Waals surface area contributed by atoms with Gasteiger partial charge in [-0.3, -0.25) is 23.9 Å². The van der Waals surface area contributed by atoms with E-state index < -0.39 is 85.6 Å².